The van der Waals surface area contributed by atoms with E-state index in [0.29, 0.717) is 11.2 Å². The number of halogens is 1. The zero-order chi connectivity index (χ0) is 13.8. The number of hydrogen-bond acceptors (Lipinski definition) is 4. The average Bonchev–Trinajstić information content (AvgIpc) is 2.73. The Labute approximate surface area is 122 Å². The molecule has 0 aliphatic rings. The maximum atomic E-state index is 5.91. The van der Waals surface area contributed by atoms with E-state index in [-0.39, 0.29) is 0 Å². The van der Waals surface area contributed by atoms with Crippen LogP contribution in [0.2, 0.25) is 5.15 Å². The van der Waals surface area contributed by atoms with Crippen LogP contribution in [-0.4, -0.2) is 16.0 Å². The molecular weight excluding hydrogens is 278 g/mol. The SMILES string of the molecule is Cc1nc(C#Cc2cnc(Cl)cc2NC(C)C)cs1. The van der Waals surface area contributed by atoms with Crippen molar-refractivity contribution in [2.75, 3.05) is 5.32 Å². The molecule has 0 saturated heterocycles. The lowest BCUT2D eigenvalue weighted by atomic mass is 10.2. The molecule has 2 aromatic heterocycles. The van der Waals surface area contributed by atoms with Crippen LogP contribution in [0.3, 0.4) is 0 Å². The van der Waals surface area contributed by atoms with Crippen molar-refractivity contribution < 1.29 is 0 Å². The molecule has 2 heterocycles. The Hall–Kier alpha value is -1.57. The van der Waals surface area contributed by atoms with Crippen LogP contribution < -0.4 is 5.32 Å². The van der Waals surface area contributed by atoms with Gasteiger partial charge in [-0.15, -0.1) is 11.3 Å². The highest BCUT2D eigenvalue weighted by atomic mass is 35.5. The van der Waals surface area contributed by atoms with Gasteiger partial charge in [0.05, 0.1) is 16.3 Å². The summed E-state index contributed by atoms with van der Waals surface area (Å²) >= 11 is 7.50. The molecule has 0 aliphatic heterocycles. The Balaban J connectivity index is 2.31. The first kappa shape index (κ1) is 13.9. The standard InChI is InChI=1S/C14H14ClN3S/c1-9(2)17-13-6-14(15)16-7-11(13)4-5-12-8-19-10(3)18-12/h6-9H,1-3H3,(H,16,17). The van der Waals surface area contributed by atoms with E-state index in [9.17, 15) is 0 Å². The predicted molar refractivity (Wildman–Crippen MR) is 80.8 cm³/mol. The Morgan fingerprint density at radius 1 is 1.37 bits per heavy atom. The van der Waals surface area contributed by atoms with Crippen LogP contribution in [0.4, 0.5) is 5.69 Å². The number of pyridine rings is 1. The molecule has 5 heteroatoms. The van der Waals surface area contributed by atoms with Crippen molar-refractivity contribution >= 4 is 28.6 Å². The van der Waals surface area contributed by atoms with Crippen LogP contribution in [0.15, 0.2) is 17.6 Å². The smallest absolute Gasteiger partial charge is 0.131 e. The topological polar surface area (TPSA) is 37.8 Å². The molecule has 0 aromatic carbocycles. The molecule has 0 radical (unpaired) electrons. The molecule has 0 fully saturated rings. The highest BCUT2D eigenvalue weighted by Gasteiger charge is 2.04. The molecule has 0 unspecified atom stereocenters. The molecule has 0 amide bonds. The summed E-state index contributed by atoms with van der Waals surface area (Å²) in [5, 5.41) is 6.73. The van der Waals surface area contributed by atoms with Crippen molar-refractivity contribution in [3.05, 3.63) is 39.1 Å². The normalized spacial score (nSPS) is 10.2. The van der Waals surface area contributed by atoms with Gasteiger partial charge >= 0.3 is 0 Å². The van der Waals surface area contributed by atoms with E-state index in [0.717, 1.165) is 22.0 Å². The number of hydrogen-bond donors (Lipinski definition) is 1. The van der Waals surface area contributed by atoms with Gasteiger partial charge in [0.2, 0.25) is 0 Å². The second kappa shape index (κ2) is 6.05. The minimum Gasteiger partial charge on any atom is -0.382 e. The summed E-state index contributed by atoms with van der Waals surface area (Å²) in [6.45, 7) is 6.09. The molecule has 1 N–H and O–H groups in total. The highest BCUT2D eigenvalue weighted by molar-refractivity contribution is 7.09. The van der Waals surface area contributed by atoms with E-state index < -0.39 is 0 Å². The number of nitrogens with one attached hydrogen (secondary N) is 1. The lowest BCUT2D eigenvalue weighted by molar-refractivity contribution is 0.898. The van der Waals surface area contributed by atoms with Crippen LogP contribution in [-0.2, 0) is 0 Å². The van der Waals surface area contributed by atoms with Gasteiger partial charge in [0.25, 0.3) is 0 Å². The van der Waals surface area contributed by atoms with Gasteiger partial charge in [-0.25, -0.2) is 9.97 Å². The van der Waals surface area contributed by atoms with Gasteiger partial charge < -0.3 is 5.32 Å². The molecule has 98 valence electrons. The van der Waals surface area contributed by atoms with Crippen molar-refractivity contribution in [2.24, 2.45) is 0 Å². The Morgan fingerprint density at radius 3 is 2.79 bits per heavy atom. The summed E-state index contributed by atoms with van der Waals surface area (Å²) < 4.78 is 0. The number of rotatable bonds is 2. The van der Waals surface area contributed by atoms with E-state index in [2.05, 4.69) is 41.0 Å². The van der Waals surface area contributed by atoms with Crippen molar-refractivity contribution in [2.45, 2.75) is 26.8 Å². The van der Waals surface area contributed by atoms with Gasteiger partial charge in [-0.05, 0) is 32.8 Å². The van der Waals surface area contributed by atoms with E-state index in [1.807, 2.05) is 12.3 Å². The van der Waals surface area contributed by atoms with Gasteiger partial charge in [0.15, 0.2) is 0 Å². The number of thiazole rings is 1. The van der Waals surface area contributed by atoms with E-state index in [4.69, 9.17) is 11.6 Å². The molecule has 2 aromatic rings. The third-order valence-electron chi connectivity index (χ3n) is 2.26. The minimum absolute atomic E-state index is 0.306. The van der Waals surface area contributed by atoms with E-state index in [1.165, 1.54) is 0 Å². The molecule has 0 aliphatic carbocycles. The molecule has 0 bridgehead atoms. The number of aryl methyl sites for hydroxylation is 1. The summed E-state index contributed by atoms with van der Waals surface area (Å²) in [6.07, 6.45) is 1.68. The van der Waals surface area contributed by atoms with Crippen LogP contribution in [0.5, 0.6) is 0 Å². The number of aromatic nitrogens is 2. The average molecular weight is 292 g/mol. The highest BCUT2D eigenvalue weighted by Crippen LogP contribution is 2.19. The first-order valence-electron chi connectivity index (χ1n) is 5.91. The number of nitrogens with zero attached hydrogens (tertiary/aromatic N) is 2. The minimum atomic E-state index is 0.306. The summed E-state index contributed by atoms with van der Waals surface area (Å²) in [4.78, 5) is 8.38. The molecule has 0 saturated carbocycles. The molecule has 19 heavy (non-hydrogen) atoms. The molecule has 3 nitrogen and oxygen atoms in total. The predicted octanol–water partition coefficient (Wildman–Crippen LogP) is 3.72. The molecule has 0 spiro atoms. The van der Waals surface area contributed by atoms with E-state index >= 15 is 0 Å². The molecule has 0 atom stereocenters. The van der Waals surface area contributed by atoms with Crippen molar-refractivity contribution in [1.29, 1.82) is 0 Å². The zero-order valence-corrected chi connectivity index (χ0v) is 12.6. The second-order valence-corrected chi connectivity index (χ2v) is 5.80. The van der Waals surface area contributed by atoms with Gasteiger partial charge in [-0.3, -0.25) is 0 Å². The lowest BCUT2D eigenvalue weighted by Crippen LogP contribution is -2.11. The summed E-state index contributed by atoms with van der Waals surface area (Å²) in [7, 11) is 0. The monoisotopic (exact) mass is 291 g/mol. The summed E-state index contributed by atoms with van der Waals surface area (Å²) in [6, 6.07) is 2.10. The van der Waals surface area contributed by atoms with Crippen molar-refractivity contribution in [1.82, 2.24) is 9.97 Å². The van der Waals surface area contributed by atoms with Crippen molar-refractivity contribution in [3.8, 4) is 11.8 Å². The quantitative estimate of drug-likeness (QED) is 0.677. The fourth-order valence-electron chi connectivity index (χ4n) is 1.51. The lowest BCUT2D eigenvalue weighted by Gasteiger charge is -2.11. The van der Waals surface area contributed by atoms with E-state index in [1.54, 1.807) is 23.6 Å². The largest absolute Gasteiger partial charge is 0.382 e. The van der Waals surface area contributed by atoms with Gasteiger partial charge in [0, 0.05) is 17.6 Å². The molecular formula is C14H14ClN3S. The fourth-order valence-corrected chi connectivity index (χ4v) is 2.21. The second-order valence-electron chi connectivity index (χ2n) is 4.35. The molecule has 2 rings (SSSR count). The van der Waals surface area contributed by atoms with Gasteiger partial charge in [0.1, 0.15) is 10.8 Å². The summed E-state index contributed by atoms with van der Waals surface area (Å²) in [5.74, 6) is 6.13. The van der Waals surface area contributed by atoms with Gasteiger partial charge in [-0.1, -0.05) is 17.5 Å². The van der Waals surface area contributed by atoms with Crippen LogP contribution >= 0.6 is 22.9 Å². The van der Waals surface area contributed by atoms with Crippen molar-refractivity contribution in [3.63, 3.8) is 0 Å². The Kier molecular flexibility index (Phi) is 4.41. The Bertz CT molecular complexity index is 638. The third-order valence-corrected chi connectivity index (χ3v) is 3.24. The van der Waals surface area contributed by atoms with Crippen LogP contribution in [0.25, 0.3) is 0 Å². The van der Waals surface area contributed by atoms with Crippen LogP contribution in [0.1, 0.15) is 30.1 Å². The first-order valence-corrected chi connectivity index (χ1v) is 7.16. The Morgan fingerprint density at radius 2 is 2.16 bits per heavy atom. The number of anilines is 1. The maximum absolute atomic E-state index is 5.91. The summed E-state index contributed by atoms with van der Waals surface area (Å²) in [5.41, 5.74) is 2.51. The van der Waals surface area contributed by atoms with Crippen LogP contribution in [0, 0.1) is 18.8 Å². The first-order chi connectivity index (χ1) is 9.04. The zero-order valence-electron chi connectivity index (χ0n) is 11.0. The maximum Gasteiger partial charge on any atom is 0.131 e. The fraction of sp³-hybridized carbons (Fsp3) is 0.286. The van der Waals surface area contributed by atoms with Gasteiger partial charge in [-0.2, -0.15) is 0 Å². The third kappa shape index (κ3) is 3.95.